The van der Waals surface area contributed by atoms with Crippen molar-refractivity contribution < 1.29 is 0 Å². The quantitative estimate of drug-likeness (QED) is 0.864. The smallest absolute Gasteiger partial charge is 0.0354 e. The van der Waals surface area contributed by atoms with Gasteiger partial charge < -0.3 is 5.32 Å². The SMILES string of the molecule is CCC(C)C(NC)c1ccccc1Br. The van der Waals surface area contributed by atoms with Crippen molar-refractivity contribution in [3.05, 3.63) is 34.3 Å². The molecule has 0 saturated heterocycles. The molecule has 1 aromatic rings. The summed E-state index contributed by atoms with van der Waals surface area (Å²) in [5.74, 6) is 0.652. The highest BCUT2D eigenvalue weighted by molar-refractivity contribution is 9.10. The first-order chi connectivity index (χ1) is 6.70. The minimum absolute atomic E-state index is 0.440. The Hall–Kier alpha value is -0.340. The zero-order valence-electron chi connectivity index (χ0n) is 9.05. The lowest BCUT2D eigenvalue weighted by Gasteiger charge is -2.23. The lowest BCUT2D eigenvalue weighted by molar-refractivity contribution is 0.399. The monoisotopic (exact) mass is 255 g/mol. The average molecular weight is 256 g/mol. The summed E-state index contributed by atoms with van der Waals surface area (Å²) in [5.41, 5.74) is 1.35. The maximum atomic E-state index is 3.60. The van der Waals surface area contributed by atoms with E-state index in [1.165, 1.54) is 16.5 Å². The van der Waals surface area contributed by atoms with E-state index in [4.69, 9.17) is 0 Å². The number of nitrogens with one attached hydrogen (secondary N) is 1. The molecule has 0 aliphatic rings. The van der Waals surface area contributed by atoms with Crippen LogP contribution in [0.4, 0.5) is 0 Å². The molecule has 14 heavy (non-hydrogen) atoms. The number of benzene rings is 1. The number of halogens is 1. The highest BCUT2D eigenvalue weighted by Gasteiger charge is 2.17. The Balaban J connectivity index is 2.94. The Morgan fingerprint density at radius 3 is 2.50 bits per heavy atom. The lowest BCUT2D eigenvalue weighted by atomic mass is 9.93. The van der Waals surface area contributed by atoms with E-state index in [2.05, 4.69) is 59.4 Å². The van der Waals surface area contributed by atoms with Crippen molar-refractivity contribution in [2.45, 2.75) is 26.3 Å². The normalized spacial score (nSPS) is 15.1. The van der Waals surface area contributed by atoms with Gasteiger partial charge in [-0.3, -0.25) is 0 Å². The van der Waals surface area contributed by atoms with Gasteiger partial charge in [-0.1, -0.05) is 54.4 Å². The maximum absolute atomic E-state index is 3.60. The molecule has 0 aliphatic heterocycles. The molecular weight excluding hydrogens is 238 g/mol. The maximum Gasteiger partial charge on any atom is 0.0354 e. The second kappa shape index (κ2) is 5.52. The molecule has 0 aromatic heterocycles. The van der Waals surface area contributed by atoms with Crippen molar-refractivity contribution in [1.82, 2.24) is 5.32 Å². The molecule has 1 nitrogen and oxygen atoms in total. The van der Waals surface area contributed by atoms with Gasteiger partial charge in [-0.25, -0.2) is 0 Å². The fourth-order valence-corrected chi connectivity index (χ4v) is 2.24. The molecule has 0 aliphatic carbocycles. The predicted molar refractivity (Wildman–Crippen MR) is 65.4 cm³/mol. The van der Waals surface area contributed by atoms with Crippen molar-refractivity contribution in [3.63, 3.8) is 0 Å². The third-order valence-electron chi connectivity index (χ3n) is 2.76. The zero-order valence-corrected chi connectivity index (χ0v) is 10.6. The molecule has 0 saturated carbocycles. The van der Waals surface area contributed by atoms with E-state index in [9.17, 15) is 0 Å². The van der Waals surface area contributed by atoms with Crippen molar-refractivity contribution in [3.8, 4) is 0 Å². The van der Waals surface area contributed by atoms with Crippen LogP contribution >= 0.6 is 15.9 Å². The van der Waals surface area contributed by atoms with Gasteiger partial charge in [-0.15, -0.1) is 0 Å². The van der Waals surface area contributed by atoms with Gasteiger partial charge in [0.15, 0.2) is 0 Å². The predicted octanol–water partition coefficient (Wildman–Crippen LogP) is 3.76. The van der Waals surface area contributed by atoms with Gasteiger partial charge in [-0.2, -0.15) is 0 Å². The lowest BCUT2D eigenvalue weighted by Crippen LogP contribution is -2.23. The first kappa shape index (κ1) is 11.7. The Labute approximate surface area is 95.0 Å². The standard InChI is InChI=1S/C12H18BrN/c1-4-9(2)12(14-3)10-7-5-6-8-11(10)13/h5-9,12,14H,4H2,1-3H3. The van der Waals surface area contributed by atoms with Crippen LogP contribution in [0, 0.1) is 5.92 Å². The van der Waals surface area contributed by atoms with Gasteiger partial charge in [0, 0.05) is 10.5 Å². The molecule has 2 heteroatoms. The molecule has 1 rings (SSSR count). The van der Waals surface area contributed by atoms with Crippen LogP contribution in [0.1, 0.15) is 31.9 Å². The van der Waals surface area contributed by atoms with Gasteiger partial charge in [0.05, 0.1) is 0 Å². The minimum atomic E-state index is 0.440. The first-order valence-corrected chi connectivity index (χ1v) is 5.91. The largest absolute Gasteiger partial charge is 0.313 e. The van der Waals surface area contributed by atoms with Crippen molar-refractivity contribution >= 4 is 15.9 Å². The molecule has 1 aromatic carbocycles. The van der Waals surface area contributed by atoms with Crippen LogP contribution in [0.5, 0.6) is 0 Å². The molecule has 0 spiro atoms. The number of hydrogen-bond acceptors (Lipinski definition) is 1. The molecule has 2 unspecified atom stereocenters. The van der Waals surface area contributed by atoms with Gasteiger partial charge >= 0.3 is 0 Å². The van der Waals surface area contributed by atoms with Gasteiger partial charge in [-0.05, 0) is 24.6 Å². The average Bonchev–Trinajstić information content (AvgIpc) is 2.21. The van der Waals surface area contributed by atoms with Crippen molar-refractivity contribution in [2.24, 2.45) is 5.92 Å². The highest BCUT2D eigenvalue weighted by Crippen LogP contribution is 2.29. The zero-order chi connectivity index (χ0) is 10.6. The molecule has 0 radical (unpaired) electrons. The summed E-state index contributed by atoms with van der Waals surface area (Å²) >= 11 is 3.60. The summed E-state index contributed by atoms with van der Waals surface area (Å²) in [4.78, 5) is 0. The van der Waals surface area contributed by atoms with Crippen LogP contribution in [0.15, 0.2) is 28.7 Å². The Kier molecular flexibility index (Phi) is 4.63. The summed E-state index contributed by atoms with van der Waals surface area (Å²) in [6.45, 7) is 4.51. The molecule has 2 atom stereocenters. The first-order valence-electron chi connectivity index (χ1n) is 5.12. The molecule has 0 bridgehead atoms. The van der Waals surface area contributed by atoms with Crippen molar-refractivity contribution in [2.75, 3.05) is 7.05 Å². The van der Waals surface area contributed by atoms with E-state index in [1.807, 2.05) is 7.05 Å². The number of hydrogen-bond donors (Lipinski definition) is 1. The van der Waals surface area contributed by atoms with E-state index < -0.39 is 0 Å². The molecule has 0 heterocycles. The van der Waals surface area contributed by atoms with E-state index >= 15 is 0 Å². The van der Waals surface area contributed by atoms with Crippen LogP contribution in [-0.4, -0.2) is 7.05 Å². The van der Waals surface area contributed by atoms with Crippen LogP contribution in [0.25, 0.3) is 0 Å². The molecule has 0 fully saturated rings. The van der Waals surface area contributed by atoms with Crippen LogP contribution in [0.3, 0.4) is 0 Å². The Morgan fingerprint density at radius 1 is 1.36 bits per heavy atom. The van der Waals surface area contributed by atoms with Gasteiger partial charge in [0.2, 0.25) is 0 Å². The van der Waals surface area contributed by atoms with E-state index in [0.29, 0.717) is 12.0 Å². The molecule has 1 N–H and O–H groups in total. The van der Waals surface area contributed by atoms with Crippen molar-refractivity contribution in [1.29, 1.82) is 0 Å². The summed E-state index contributed by atoms with van der Waals surface area (Å²) in [7, 11) is 2.02. The van der Waals surface area contributed by atoms with Gasteiger partial charge in [0.25, 0.3) is 0 Å². The van der Waals surface area contributed by atoms with Crippen LogP contribution in [-0.2, 0) is 0 Å². The summed E-state index contributed by atoms with van der Waals surface area (Å²) in [5, 5.41) is 3.38. The summed E-state index contributed by atoms with van der Waals surface area (Å²) in [6.07, 6.45) is 1.19. The Bertz CT molecular complexity index is 285. The highest BCUT2D eigenvalue weighted by atomic mass is 79.9. The minimum Gasteiger partial charge on any atom is -0.313 e. The fraction of sp³-hybridized carbons (Fsp3) is 0.500. The second-order valence-electron chi connectivity index (χ2n) is 3.67. The summed E-state index contributed by atoms with van der Waals surface area (Å²) < 4.78 is 1.19. The molecule has 0 amide bonds. The van der Waals surface area contributed by atoms with Crippen LogP contribution in [0.2, 0.25) is 0 Å². The topological polar surface area (TPSA) is 12.0 Å². The fourth-order valence-electron chi connectivity index (χ4n) is 1.71. The van der Waals surface area contributed by atoms with E-state index in [-0.39, 0.29) is 0 Å². The van der Waals surface area contributed by atoms with Crippen LogP contribution < -0.4 is 5.32 Å². The van der Waals surface area contributed by atoms with Gasteiger partial charge in [0.1, 0.15) is 0 Å². The van der Waals surface area contributed by atoms with E-state index in [1.54, 1.807) is 0 Å². The van der Waals surface area contributed by atoms with E-state index in [0.717, 1.165) is 0 Å². The molecule has 78 valence electrons. The Morgan fingerprint density at radius 2 is 2.00 bits per heavy atom. The number of rotatable bonds is 4. The summed E-state index contributed by atoms with van der Waals surface area (Å²) in [6, 6.07) is 8.86. The third-order valence-corrected chi connectivity index (χ3v) is 3.49. The third kappa shape index (κ3) is 2.58. The molecular formula is C12H18BrN. The second-order valence-corrected chi connectivity index (χ2v) is 4.53.